The van der Waals surface area contributed by atoms with Crippen LogP contribution in [0.15, 0.2) is 0 Å². The van der Waals surface area contributed by atoms with E-state index >= 15 is 0 Å². The third-order valence-electron chi connectivity index (χ3n) is 1.97. The van der Waals surface area contributed by atoms with Crippen molar-refractivity contribution in [1.29, 1.82) is 0 Å². The average molecular weight is 171 g/mol. The van der Waals surface area contributed by atoms with Crippen LogP contribution in [0.2, 0.25) is 0 Å². The smallest absolute Gasteiger partial charge is 0.139 e. The molecule has 0 aromatic rings. The monoisotopic (exact) mass is 171 g/mol. The minimum Gasteiger partial charge on any atom is -0.369 e. The van der Waals surface area contributed by atoms with E-state index in [0.29, 0.717) is 18.6 Å². The first-order chi connectivity index (χ1) is 5.20. The van der Waals surface area contributed by atoms with Crippen LogP contribution in [-0.4, -0.2) is 29.3 Å². The number of rotatable bonds is 0. The van der Waals surface area contributed by atoms with E-state index in [0.717, 1.165) is 24.4 Å². The van der Waals surface area contributed by atoms with Gasteiger partial charge in [-0.2, -0.15) is 0 Å². The molecule has 11 heavy (non-hydrogen) atoms. The number of carbonyl (C=O) groups excluding carboxylic acids is 1. The van der Waals surface area contributed by atoms with Crippen molar-refractivity contribution in [2.45, 2.75) is 25.7 Å². The zero-order valence-electron chi connectivity index (χ0n) is 6.80. The molecular formula is C8H13NOS. The summed E-state index contributed by atoms with van der Waals surface area (Å²) in [6.07, 6.45) is 3.30. The van der Waals surface area contributed by atoms with Gasteiger partial charge in [0.15, 0.2) is 0 Å². The van der Waals surface area contributed by atoms with Gasteiger partial charge in [0.05, 0.1) is 11.4 Å². The fraction of sp³-hybridized carbons (Fsp3) is 0.750. The normalized spacial score (nSPS) is 21.4. The van der Waals surface area contributed by atoms with E-state index in [4.69, 9.17) is 12.2 Å². The Morgan fingerprint density at radius 1 is 1.45 bits per heavy atom. The predicted octanol–water partition coefficient (Wildman–Crippen LogP) is 1.39. The number of likely N-dealkylation sites (tertiary alicyclic amines) is 1. The molecule has 62 valence electrons. The molecule has 2 nitrogen and oxygen atoms in total. The van der Waals surface area contributed by atoms with Crippen molar-refractivity contribution >= 4 is 23.0 Å². The van der Waals surface area contributed by atoms with E-state index < -0.39 is 0 Å². The lowest BCUT2D eigenvalue weighted by Gasteiger charge is -2.21. The molecule has 1 fully saturated rings. The summed E-state index contributed by atoms with van der Waals surface area (Å²) in [5.41, 5.74) is 0. The second-order valence-corrected chi connectivity index (χ2v) is 3.46. The molecule has 0 aliphatic carbocycles. The summed E-state index contributed by atoms with van der Waals surface area (Å²) in [6.45, 7) is 1.01. The number of Topliss-reactive ketones (excluding diaryl/α,β-unsaturated/α-hetero) is 1. The van der Waals surface area contributed by atoms with E-state index in [-0.39, 0.29) is 0 Å². The van der Waals surface area contributed by atoms with Gasteiger partial charge in [0.25, 0.3) is 0 Å². The van der Waals surface area contributed by atoms with Gasteiger partial charge in [-0.1, -0.05) is 12.2 Å². The molecule has 3 heteroatoms. The number of nitrogens with zero attached hydrogens (tertiary/aromatic N) is 1. The number of thiocarbonyl (C=S) groups is 1. The quantitative estimate of drug-likeness (QED) is 0.514. The van der Waals surface area contributed by atoms with Crippen molar-refractivity contribution in [3.05, 3.63) is 0 Å². The average Bonchev–Trinajstić information content (AvgIpc) is 1.95. The van der Waals surface area contributed by atoms with E-state index in [1.807, 2.05) is 11.9 Å². The van der Waals surface area contributed by atoms with Crippen LogP contribution in [-0.2, 0) is 4.79 Å². The highest BCUT2D eigenvalue weighted by Crippen LogP contribution is 2.08. The second kappa shape index (κ2) is 3.81. The third kappa shape index (κ3) is 2.58. The zero-order chi connectivity index (χ0) is 8.27. The predicted molar refractivity (Wildman–Crippen MR) is 48.7 cm³/mol. The van der Waals surface area contributed by atoms with Crippen molar-refractivity contribution in [2.24, 2.45) is 0 Å². The molecule has 1 aliphatic rings. The second-order valence-electron chi connectivity index (χ2n) is 2.99. The summed E-state index contributed by atoms with van der Waals surface area (Å²) in [7, 11) is 1.96. The number of hydrogen-bond donors (Lipinski definition) is 0. The molecule has 1 aliphatic heterocycles. The number of hydrogen-bond acceptors (Lipinski definition) is 2. The first-order valence-electron chi connectivity index (χ1n) is 3.96. The number of carbonyl (C=O) groups is 1. The van der Waals surface area contributed by atoms with Crippen LogP contribution >= 0.6 is 12.2 Å². The fourth-order valence-corrected chi connectivity index (χ4v) is 1.44. The summed E-state index contributed by atoms with van der Waals surface area (Å²) in [5, 5.41) is 0. The van der Waals surface area contributed by atoms with Gasteiger partial charge in [-0.05, 0) is 12.8 Å². The highest BCUT2D eigenvalue weighted by atomic mass is 32.1. The molecule has 1 rings (SSSR count). The molecule has 0 spiro atoms. The van der Waals surface area contributed by atoms with Gasteiger partial charge in [-0.25, -0.2) is 0 Å². The lowest BCUT2D eigenvalue weighted by molar-refractivity contribution is -0.118. The van der Waals surface area contributed by atoms with Gasteiger partial charge >= 0.3 is 0 Å². The Balaban J connectivity index is 2.51. The molecule has 0 unspecified atom stereocenters. The van der Waals surface area contributed by atoms with E-state index in [1.165, 1.54) is 0 Å². The molecule has 1 saturated heterocycles. The van der Waals surface area contributed by atoms with Gasteiger partial charge in [-0.15, -0.1) is 0 Å². The standard InChI is InChI=1S/C8H13NOS/c1-9-5-3-2-4-7(10)6-8(9)11/h2-6H2,1H3. The van der Waals surface area contributed by atoms with Crippen LogP contribution in [0.25, 0.3) is 0 Å². The highest BCUT2D eigenvalue weighted by molar-refractivity contribution is 7.80. The summed E-state index contributed by atoms with van der Waals surface area (Å²) in [5.74, 6) is 0.293. The van der Waals surface area contributed by atoms with E-state index in [2.05, 4.69) is 0 Å². The van der Waals surface area contributed by atoms with E-state index in [9.17, 15) is 4.79 Å². The van der Waals surface area contributed by atoms with Crippen molar-refractivity contribution in [2.75, 3.05) is 13.6 Å². The van der Waals surface area contributed by atoms with Crippen LogP contribution in [0.5, 0.6) is 0 Å². The van der Waals surface area contributed by atoms with Crippen LogP contribution in [0.1, 0.15) is 25.7 Å². The molecule has 0 aromatic carbocycles. The topological polar surface area (TPSA) is 20.3 Å². The van der Waals surface area contributed by atoms with Gasteiger partial charge < -0.3 is 4.90 Å². The Bertz CT molecular complexity index is 179. The first kappa shape index (κ1) is 8.65. The maximum atomic E-state index is 11.1. The highest BCUT2D eigenvalue weighted by Gasteiger charge is 2.12. The molecule has 0 atom stereocenters. The van der Waals surface area contributed by atoms with Gasteiger partial charge in [0.1, 0.15) is 5.78 Å². The Morgan fingerprint density at radius 2 is 2.18 bits per heavy atom. The summed E-state index contributed by atoms with van der Waals surface area (Å²) < 4.78 is 0. The molecular weight excluding hydrogens is 158 g/mol. The van der Waals surface area contributed by atoms with Crippen LogP contribution < -0.4 is 0 Å². The fourth-order valence-electron chi connectivity index (χ4n) is 1.19. The third-order valence-corrected chi connectivity index (χ3v) is 2.43. The lowest BCUT2D eigenvalue weighted by Crippen LogP contribution is -2.29. The Hall–Kier alpha value is -0.440. The molecule has 0 saturated carbocycles. The zero-order valence-corrected chi connectivity index (χ0v) is 7.62. The lowest BCUT2D eigenvalue weighted by atomic mass is 10.1. The minimum atomic E-state index is 0.293. The van der Waals surface area contributed by atoms with Crippen molar-refractivity contribution < 1.29 is 4.79 Å². The maximum Gasteiger partial charge on any atom is 0.139 e. The maximum absolute atomic E-state index is 11.1. The van der Waals surface area contributed by atoms with Crippen molar-refractivity contribution in [1.82, 2.24) is 4.90 Å². The van der Waals surface area contributed by atoms with Crippen molar-refractivity contribution in [3.8, 4) is 0 Å². The molecule has 0 amide bonds. The molecule has 0 bridgehead atoms. The molecule has 1 heterocycles. The van der Waals surface area contributed by atoms with Crippen LogP contribution in [0.4, 0.5) is 0 Å². The first-order valence-corrected chi connectivity index (χ1v) is 4.36. The van der Waals surface area contributed by atoms with Gasteiger partial charge in [-0.3, -0.25) is 4.79 Å². The summed E-state index contributed by atoms with van der Waals surface area (Å²) in [4.78, 5) is 13.9. The Kier molecular flexibility index (Phi) is 3.00. The molecule has 0 N–H and O–H groups in total. The minimum absolute atomic E-state index is 0.293. The Labute approximate surface area is 72.6 Å². The molecule has 0 radical (unpaired) electrons. The summed E-state index contributed by atoms with van der Waals surface area (Å²) in [6, 6.07) is 0. The number of ketones is 1. The summed E-state index contributed by atoms with van der Waals surface area (Å²) >= 11 is 5.06. The van der Waals surface area contributed by atoms with Gasteiger partial charge in [0, 0.05) is 20.0 Å². The van der Waals surface area contributed by atoms with Crippen LogP contribution in [0, 0.1) is 0 Å². The van der Waals surface area contributed by atoms with E-state index in [1.54, 1.807) is 0 Å². The van der Waals surface area contributed by atoms with Gasteiger partial charge in [0.2, 0.25) is 0 Å². The SMILES string of the molecule is CN1CCCCC(=O)CC1=S. The van der Waals surface area contributed by atoms with Crippen LogP contribution in [0.3, 0.4) is 0 Å². The Morgan fingerprint density at radius 3 is 2.91 bits per heavy atom. The largest absolute Gasteiger partial charge is 0.369 e. The van der Waals surface area contributed by atoms with Crippen molar-refractivity contribution in [3.63, 3.8) is 0 Å². The molecule has 0 aromatic heterocycles.